The zero-order valence-electron chi connectivity index (χ0n) is 15.1. The van der Waals surface area contributed by atoms with Crippen LogP contribution in [0.3, 0.4) is 0 Å². The van der Waals surface area contributed by atoms with Gasteiger partial charge < -0.3 is 14.6 Å². The second-order valence-corrected chi connectivity index (χ2v) is 7.83. The zero-order valence-corrected chi connectivity index (χ0v) is 15.9. The third-order valence-electron chi connectivity index (χ3n) is 3.78. The monoisotopic (exact) mass is 381 g/mol. The number of aryl methyl sites for hydroxylation is 1. The highest BCUT2D eigenvalue weighted by atomic mass is 32.2. The molecule has 8 nitrogen and oxygen atoms in total. The van der Waals surface area contributed by atoms with Gasteiger partial charge in [-0.2, -0.15) is 0 Å². The van der Waals surface area contributed by atoms with Crippen molar-refractivity contribution >= 4 is 21.7 Å². The van der Waals surface area contributed by atoms with Gasteiger partial charge in [0.25, 0.3) is 0 Å². The first kappa shape index (κ1) is 19.9. The summed E-state index contributed by atoms with van der Waals surface area (Å²) in [5.41, 5.74) is 0.908. The van der Waals surface area contributed by atoms with Gasteiger partial charge >= 0.3 is 0 Å². The molecular weight excluding hydrogens is 358 g/mol. The Bertz CT molecular complexity index is 848. The van der Waals surface area contributed by atoms with Crippen molar-refractivity contribution in [3.05, 3.63) is 41.7 Å². The van der Waals surface area contributed by atoms with Gasteiger partial charge in [-0.3, -0.25) is 4.79 Å². The fraction of sp³-hybridized carbons (Fsp3) is 0.412. The number of nitrogens with zero attached hydrogens (tertiary/aromatic N) is 2. The molecule has 1 amide bonds. The van der Waals surface area contributed by atoms with Crippen molar-refractivity contribution in [1.29, 1.82) is 0 Å². The van der Waals surface area contributed by atoms with Crippen LogP contribution in [0.5, 0.6) is 5.75 Å². The summed E-state index contributed by atoms with van der Waals surface area (Å²) in [6, 6.07) is 9.03. The molecule has 1 N–H and O–H groups in total. The molecule has 1 aromatic heterocycles. The van der Waals surface area contributed by atoms with E-state index >= 15 is 0 Å². The smallest absolute Gasteiger partial charge is 0.226 e. The highest BCUT2D eigenvalue weighted by Gasteiger charge is 2.19. The zero-order chi connectivity index (χ0) is 19.2. The van der Waals surface area contributed by atoms with E-state index in [2.05, 4.69) is 10.5 Å². The number of hydrogen-bond acceptors (Lipinski definition) is 6. The Morgan fingerprint density at radius 2 is 2.04 bits per heavy atom. The number of ether oxygens (including phenoxy) is 1. The molecule has 0 aliphatic heterocycles. The van der Waals surface area contributed by atoms with Crippen LogP contribution in [0.15, 0.2) is 34.9 Å². The fourth-order valence-corrected chi connectivity index (χ4v) is 3.30. The molecule has 142 valence electrons. The Balaban J connectivity index is 1.94. The van der Waals surface area contributed by atoms with Gasteiger partial charge in [0.05, 0.1) is 13.4 Å². The molecule has 0 aliphatic rings. The van der Waals surface area contributed by atoms with Crippen molar-refractivity contribution in [2.75, 3.05) is 31.8 Å². The minimum atomic E-state index is -3.44. The van der Waals surface area contributed by atoms with Gasteiger partial charge in [0.1, 0.15) is 11.5 Å². The number of nitrogens with one attached hydrogen (secondary N) is 1. The second-order valence-electron chi connectivity index (χ2n) is 5.84. The van der Waals surface area contributed by atoms with Crippen molar-refractivity contribution in [2.45, 2.75) is 19.8 Å². The van der Waals surface area contributed by atoms with Crippen molar-refractivity contribution in [2.24, 2.45) is 0 Å². The molecule has 2 aromatic rings. The van der Waals surface area contributed by atoms with Crippen LogP contribution in [0.1, 0.15) is 17.7 Å². The molecule has 26 heavy (non-hydrogen) atoms. The molecule has 1 heterocycles. The van der Waals surface area contributed by atoms with Gasteiger partial charge in [-0.15, -0.1) is 0 Å². The van der Waals surface area contributed by atoms with E-state index in [0.717, 1.165) is 11.8 Å². The molecule has 0 aliphatic carbocycles. The Morgan fingerprint density at radius 1 is 1.31 bits per heavy atom. The molecule has 0 radical (unpaired) electrons. The van der Waals surface area contributed by atoms with Gasteiger partial charge in [-0.1, -0.05) is 23.4 Å². The molecule has 0 saturated heterocycles. The lowest BCUT2D eigenvalue weighted by atomic mass is 10.1. The van der Waals surface area contributed by atoms with Crippen molar-refractivity contribution in [3.8, 4) is 5.75 Å². The number of anilines is 1. The Labute approximate surface area is 153 Å². The van der Waals surface area contributed by atoms with E-state index in [-0.39, 0.29) is 25.4 Å². The molecule has 2 rings (SSSR count). The lowest BCUT2D eigenvalue weighted by Crippen LogP contribution is -2.34. The molecule has 9 heteroatoms. The summed E-state index contributed by atoms with van der Waals surface area (Å²) < 4.78 is 35.5. The lowest BCUT2D eigenvalue weighted by Gasteiger charge is -2.20. The number of benzene rings is 1. The number of carbonyl (C=O) groups is 1. The van der Waals surface area contributed by atoms with Crippen LogP contribution in [-0.2, 0) is 21.2 Å². The minimum Gasteiger partial charge on any atom is -0.496 e. The number of methoxy groups -OCH3 is 1. The first-order valence-corrected chi connectivity index (χ1v) is 9.94. The molecule has 0 unspecified atom stereocenters. The number of hydrogen-bond donors (Lipinski definition) is 1. The van der Waals surface area contributed by atoms with Crippen LogP contribution in [-0.4, -0.2) is 50.2 Å². The fourth-order valence-electron chi connectivity index (χ4n) is 2.46. The van der Waals surface area contributed by atoms with Crippen LogP contribution < -0.4 is 10.1 Å². The summed E-state index contributed by atoms with van der Waals surface area (Å²) in [6.07, 6.45) is 1.64. The van der Waals surface area contributed by atoms with E-state index in [1.807, 2.05) is 24.3 Å². The molecule has 0 atom stereocenters. The quantitative estimate of drug-likeness (QED) is 0.711. The van der Waals surface area contributed by atoms with E-state index in [4.69, 9.17) is 9.26 Å². The standard InChI is InChI=1S/C17H23N3O5S/c1-13-12-16(19-25-13)18-17(21)9-11-20(26(3,22)23)10-8-14-6-4-5-7-15(14)24-2/h4-7,12H,8-11H2,1-3H3,(H,18,19,21). The van der Waals surface area contributed by atoms with E-state index in [9.17, 15) is 13.2 Å². The summed E-state index contributed by atoms with van der Waals surface area (Å²) in [5, 5.41) is 6.25. The van der Waals surface area contributed by atoms with Gasteiger partial charge in [0, 0.05) is 25.6 Å². The minimum absolute atomic E-state index is 0.0188. The van der Waals surface area contributed by atoms with E-state index in [1.165, 1.54) is 4.31 Å². The number of carbonyl (C=O) groups excluding carboxylic acids is 1. The van der Waals surface area contributed by atoms with Crippen LogP contribution in [0.2, 0.25) is 0 Å². The maximum atomic E-state index is 12.0. The van der Waals surface area contributed by atoms with Crippen LogP contribution in [0, 0.1) is 6.92 Å². The highest BCUT2D eigenvalue weighted by molar-refractivity contribution is 7.88. The molecule has 0 saturated carbocycles. The second kappa shape index (κ2) is 8.81. The lowest BCUT2D eigenvalue weighted by molar-refractivity contribution is -0.116. The number of amides is 1. The summed E-state index contributed by atoms with van der Waals surface area (Å²) in [4.78, 5) is 12.0. The highest BCUT2D eigenvalue weighted by Crippen LogP contribution is 2.18. The first-order valence-electron chi connectivity index (χ1n) is 8.10. The normalized spacial score (nSPS) is 11.5. The van der Waals surface area contributed by atoms with Gasteiger partial charge in [0.15, 0.2) is 5.82 Å². The van der Waals surface area contributed by atoms with E-state index < -0.39 is 10.0 Å². The van der Waals surface area contributed by atoms with Crippen LogP contribution >= 0.6 is 0 Å². The summed E-state index contributed by atoms with van der Waals surface area (Å²) >= 11 is 0. The third kappa shape index (κ3) is 5.85. The largest absolute Gasteiger partial charge is 0.496 e. The van der Waals surface area contributed by atoms with Gasteiger partial charge in [0.2, 0.25) is 15.9 Å². The maximum absolute atomic E-state index is 12.0. The van der Waals surface area contributed by atoms with Crippen molar-refractivity contribution < 1.29 is 22.5 Å². The predicted molar refractivity (Wildman–Crippen MR) is 97.6 cm³/mol. The molecular formula is C17H23N3O5S. The summed E-state index contributed by atoms with van der Waals surface area (Å²) in [6.45, 7) is 2.05. The third-order valence-corrected chi connectivity index (χ3v) is 5.08. The van der Waals surface area contributed by atoms with Gasteiger partial charge in [-0.05, 0) is 25.0 Å². The Morgan fingerprint density at radius 3 is 2.65 bits per heavy atom. The average Bonchev–Trinajstić information content (AvgIpc) is 2.98. The van der Waals surface area contributed by atoms with E-state index in [1.54, 1.807) is 20.1 Å². The van der Waals surface area contributed by atoms with Crippen LogP contribution in [0.25, 0.3) is 0 Å². The Kier molecular flexibility index (Phi) is 6.76. The summed E-state index contributed by atoms with van der Waals surface area (Å²) in [7, 11) is -1.87. The first-order chi connectivity index (χ1) is 12.3. The van der Waals surface area contributed by atoms with Crippen LogP contribution in [0.4, 0.5) is 5.82 Å². The molecule has 0 bridgehead atoms. The van der Waals surface area contributed by atoms with E-state index in [0.29, 0.717) is 23.7 Å². The average molecular weight is 381 g/mol. The maximum Gasteiger partial charge on any atom is 0.226 e. The number of aromatic nitrogens is 1. The number of para-hydroxylation sites is 1. The Hall–Kier alpha value is -2.39. The molecule has 0 fully saturated rings. The van der Waals surface area contributed by atoms with Gasteiger partial charge in [-0.25, -0.2) is 12.7 Å². The SMILES string of the molecule is COc1ccccc1CCN(CCC(=O)Nc1cc(C)on1)S(C)(=O)=O. The molecule has 1 aromatic carbocycles. The summed E-state index contributed by atoms with van der Waals surface area (Å²) in [5.74, 6) is 1.27. The molecule has 0 spiro atoms. The topological polar surface area (TPSA) is 102 Å². The number of sulfonamides is 1. The predicted octanol–water partition coefficient (Wildman–Crippen LogP) is 1.82. The van der Waals surface area contributed by atoms with Crippen molar-refractivity contribution in [3.63, 3.8) is 0 Å². The van der Waals surface area contributed by atoms with Crippen molar-refractivity contribution in [1.82, 2.24) is 9.46 Å². The number of rotatable bonds is 9.